The average Bonchev–Trinajstić information content (AvgIpc) is 2.30. The number of piperidine rings is 3. The molecule has 3 aliphatic rings. The number of fused-ring (bicyclic) bond motifs is 3. The van der Waals surface area contributed by atoms with E-state index >= 15 is 0 Å². The lowest BCUT2D eigenvalue weighted by Gasteiger charge is -2.39. The van der Waals surface area contributed by atoms with Crippen molar-refractivity contribution in [1.29, 1.82) is 0 Å². The molecule has 3 saturated heterocycles. The highest BCUT2D eigenvalue weighted by molar-refractivity contribution is 5.89. The maximum atomic E-state index is 5.41. The lowest BCUT2D eigenvalue weighted by Crippen LogP contribution is -2.47. The highest BCUT2D eigenvalue weighted by atomic mass is 16.6. The van der Waals surface area contributed by atoms with Crippen LogP contribution in [0.3, 0.4) is 0 Å². The van der Waals surface area contributed by atoms with E-state index in [4.69, 9.17) is 4.84 Å². The third-order valence-electron chi connectivity index (χ3n) is 3.47. The molecule has 0 saturated carbocycles. The third-order valence-corrected chi connectivity index (χ3v) is 3.47. The Balaban J connectivity index is 1.67. The molecule has 0 aromatic rings. The quantitative estimate of drug-likeness (QED) is 0.517. The molecule has 16 heavy (non-hydrogen) atoms. The lowest BCUT2D eigenvalue weighted by molar-refractivity contribution is 0.123. The molecule has 0 aliphatic carbocycles. The first-order valence-corrected chi connectivity index (χ1v) is 6.31. The summed E-state index contributed by atoms with van der Waals surface area (Å²) in [6.07, 6.45) is 3.61. The van der Waals surface area contributed by atoms with E-state index in [9.17, 15) is 0 Å². The van der Waals surface area contributed by atoms with Gasteiger partial charge in [-0.2, -0.15) is 0 Å². The van der Waals surface area contributed by atoms with Crippen molar-refractivity contribution in [2.45, 2.75) is 19.3 Å². The van der Waals surface area contributed by atoms with Gasteiger partial charge in [-0.25, -0.2) is 0 Å². The van der Waals surface area contributed by atoms with Crippen molar-refractivity contribution in [2.75, 3.05) is 46.9 Å². The second-order valence-corrected chi connectivity index (χ2v) is 5.12. The minimum absolute atomic E-state index is 0.707. The van der Waals surface area contributed by atoms with Crippen molar-refractivity contribution in [2.24, 2.45) is 11.1 Å². The van der Waals surface area contributed by atoms with Crippen molar-refractivity contribution in [3.63, 3.8) is 0 Å². The number of nitrogens with zero attached hydrogens (tertiary/aromatic N) is 3. The van der Waals surface area contributed by atoms with Gasteiger partial charge in [-0.1, -0.05) is 5.16 Å². The molecule has 3 rings (SSSR count). The normalized spacial score (nSPS) is 31.3. The molecule has 4 nitrogen and oxygen atoms in total. The molecule has 0 atom stereocenters. The molecule has 0 unspecified atom stereocenters. The predicted molar refractivity (Wildman–Crippen MR) is 65.7 cm³/mol. The van der Waals surface area contributed by atoms with Crippen molar-refractivity contribution in [3.05, 3.63) is 0 Å². The Kier molecular flexibility index (Phi) is 4.18. The van der Waals surface area contributed by atoms with Crippen LogP contribution in [-0.4, -0.2) is 62.4 Å². The van der Waals surface area contributed by atoms with Gasteiger partial charge in [-0.15, -0.1) is 0 Å². The van der Waals surface area contributed by atoms with Crippen LogP contribution >= 0.6 is 0 Å². The topological polar surface area (TPSA) is 28.1 Å². The number of rotatable bonds is 5. The van der Waals surface area contributed by atoms with Crippen LogP contribution in [0, 0.1) is 5.92 Å². The standard InChI is InChI=1S/C12H23N3O/c1-14(2)6-3-9-16-13-12-10-15-7-4-11(12)5-8-15/h11H,3-10H2,1-2H3/b13-12-. The summed E-state index contributed by atoms with van der Waals surface area (Å²) in [5.41, 5.74) is 1.28. The molecule has 0 amide bonds. The van der Waals surface area contributed by atoms with Gasteiger partial charge in [-0.05, 0) is 46.4 Å². The zero-order valence-electron chi connectivity index (χ0n) is 10.5. The lowest BCUT2D eigenvalue weighted by atomic mass is 9.87. The first-order valence-electron chi connectivity index (χ1n) is 6.31. The molecule has 3 heterocycles. The molecule has 0 aromatic heterocycles. The molecule has 4 heteroatoms. The molecule has 3 fully saturated rings. The highest BCUT2D eigenvalue weighted by Gasteiger charge is 2.31. The van der Waals surface area contributed by atoms with E-state index in [1.54, 1.807) is 0 Å². The van der Waals surface area contributed by atoms with E-state index in [2.05, 4.69) is 29.1 Å². The molecule has 92 valence electrons. The molecule has 3 aliphatic heterocycles. The summed E-state index contributed by atoms with van der Waals surface area (Å²) in [7, 11) is 4.17. The maximum absolute atomic E-state index is 5.41. The molecular weight excluding hydrogens is 202 g/mol. The van der Waals surface area contributed by atoms with Gasteiger partial charge < -0.3 is 9.74 Å². The largest absolute Gasteiger partial charge is 0.396 e. The summed E-state index contributed by atoms with van der Waals surface area (Å²) >= 11 is 0. The van der Waals surface area contributed by atoms with Crippen LogP contribution in [-0.2, 0) is 4.84 Å². The first kappa shape index (κ1) is 11.9. The van der Waals surface area contributed by atoms with Gasteiger partial charge in [0.25, 0.3) is 0 Å². The second-order valence-electron chi connectivity index (χ2n) is 5.12. The van der Waals surface area contributed by atoms with E-state index < -0.39 is 0 Å². The van der Waals surface area contributed by atoms with Crippen LogP contribution in [0.25, 0.3) is 0 Å². The van der Waals surface area contributed by atoms with Crippen molar-refractivity contribution >= 4 is 5.71 Å². The van der Waals surface area contributed by atoms with Gasteiger partial charge in [0.05, 0.1) is 5.71 Å². The van der Waals surface area contributed by atoms with Crippen LogP contribution in [0.15, 0.2) is 5.16 Å². The Hall–Kier alpha value is -0.610. The van der Waals surface area contributed by atoms with E-state index in [1.165, 1.54) is 31.6 Å². The van der Waals surface area contributed by atoms with E-state index in [0.29, 0.717) is 5.92 Å². The molecule has 0 aromatic carbocycles. The Morgan fingerprint density at radius 2 is 2.12 bits per heavy atom. The van der Waals surface area contributed by atoms with Crippen LogP contribution in [0.2, 0.25) is 0 Å². The van der Waals surface area contributed by atoms with Gasteiger partial charge in [0.15, 0.2) is 0 Å². The van der Waals surface area contributed by atoms with Gasteiger partial charge >= 0.3 is 0 Å². The summed E-state index contributed by atoms with van der Waals surface area (Å²) in [4.78, 5) is 10.1. The Bertz CT molecular complexity index is 245. The average molecular weight is 225 g/mol. The van der Waals surface area contributed by atoms with Crippen LogP contribution in [0.4, 0.5) is 0 Å². The predicted octanol–water partition coefficient (Wildman–Crippen LogP) is 1.04. The Morgan fingerprint density at radius 3 is 2.69 bits per heavy atom. The fourth-order valence-electron chi connectivity index (χ4n) is 2.46. The van der Waals surface area contributed by atoms with Gasteiger partial charge in [0.2, 0.25) is 0 Å². The van der Waals surface area contributed by atoms with Crippen molar-refractivity contribution in [1.82, 2.24) is 9.80 Å². The highest BCUT2D eigenvalue weighted by Crippen LogP contribution is 2.25. The zero-order chi connectivity index (χ0) is 11.4. The first-order chi connectivity index (χ1) is 7.75. The third kappa shape index (κ3) is 3.19. The van der Waals surface area contributed by atoms with E-state index in [1.807, 2.05) is 0 Å². The summed E-state index contributed by atoms with van der Waals surface area (Å²) < 4.78 is 0. The van der Waals surface area contributed by atoms with Gasteiger partial charge in [-0.3, -0.25) is 4.90 Å². The van der Waals surface area contributed by atoms with Crippen LogP contribution in [0.1, 0.15) is 19.3 Å². The molecule has 2 bridgehead atoms. The minimum Gasteiger partial charge on any atom is -0.396 e. The zero-order valence-corrected chi connectivity index (χ0v) is 10.5. The summed E-state index contributed by atoms with van der Waals surface area (Å²) in [5.74, 6) is 0.707. The van der Waals surface area contributed by atoms with E-state index in [0.717, 1.165) is 26.1 Å². The van der Waals surface area contributed by atoms with E-state index in [-0.39, 0.29) is 0 Å². The maximum Gasteiger partial charge on any atom is 0.118 e. The Labute approximate surface area is 98.2 Å². The number of hydrogen-bond donors (Lipinski definition) is 0. The summed E-state index contributed by atoms with van der Waals surface area (Å²) in [6.45, 7) is 5.36. The molecular formula is C12H23N3O. The molecule has 0 N–H and O–H groups in total. The summed E-state index contributed by atoms with van der Waals surface area (Å²) in [6, 6.07) is 0. The summed E-state index contributed by atoms with van der Waals surface area (Å²) in [5, 5.41) is 4.32. The second kappa shape index (κ2) is 5.64. The Morgan fingerprint density at radius 1 is 1.38 bits per heavy atom. The fourth-order valence-corrected chi connectivity index (χ4v) is 2.46. The van der Waals surface area contributed by atoms with Crippen molar-refractivity contribution < 1.29 is 4.84 Å². The van der Waals surface area contributed by atoms with Crippen LogP contribution in [0.5, 0.6) is 0 Å². The van der Waals surface area contributed by atoms with Crippen LogP contribution < -0.4 is 0 Å². The minimum atomic E-state index is 0.707. The fraction of sp³-hybridized carbons (Fsp3) is 0.917. The van der Waals surface area contributed by atoms with Gasteiger partial charge in [0, 0.05) is 19.0 Å². The molecule has 0 spiro atoms. The monoisotopic (exact) mass is 225 g/mol. The smallest absolute Gasteiger partial charge is 0.118 e. The SMILES string of the molecule is CN(C)CCCO/N=C1/CN2CCC1CC2. The number of hydrogen-bond acceptors (Lipinski definition) is 4. The molecule has 0 radical (unpaired) electrons. The van der Waals surface area contributed by atoms with Gasteiger partial charge in [0.1, 0.15) is 6.61 Å². The number of oxime groups is 1. The van der Waals surface area contributed by atoms with Crippen molar-refractivity contribution in [3.8, 4) is 0 Å².